The van der Waals surface area contributed by atoms with Crippen molar-refractivity contribution in [2.75, 3.05) is 13.1 Å². The monoisotopic (exact) mass is 451 g/mol. The van der Waals surface area contributed by atoms with Crippen molar-refractivity contribution in [2.24, 2.45) is 15.7 Å². The van der Waals surface area contributed by atoms with E-state index in [1.165, 1.54) is 18.3 Å². The zero-order chi connectivity index (χ0) is 23.0. The van der Waals surface area contributed by atoms with Crippen molar-refractivity contribution in [1.29, 1.82) is 0 Å². The molecule has 3 aromatic rings. The molecule has 6 nitrogen and oxygen atoms in total. The van der Waals surface area contributed by atoms with Crippen molar-refractivity contribution >= 4 is 11.8 Å². The maximum atomic E-state index is 14.4. The molecule has 0 amide bonds. The van der Waals surface area contributed by atoms with Gasteiger partial charge < -0.3 is 10.5 Å². The van der Waals surface area contributed by atoms with Crippen LogP contribution in [0.1, 0.15) is 17.5 Å². The Hall–Kier alpha value is -3.88. The van der Waals surface area contributed by atoms with Crippen molar-refractivity contribution in [1.82, 2.24) is 9.88 Å². The number of amidine groups is 1. The minimum atomic E-state index is -2.92. The van der Waals surface area contributed by atoms with E-state index in [1.54, 1.807) is 30.3 Å². The van der Waals surface area contributed by atoms with Crippen molar-refractivity contribution in [3.63, 3.8) is 0 Å². The summed E-state index contributed by atoms with van der Waals surface area (Å²) >= 11 is 0. The van der Waals surface area contributed by atoms with Gasteiger partial charge in [0.2, 0.25) is 5.95 Å². The highest BCUT2D eigenvalue weighted by atomic mass is 19.3. The Morgan fingerprint density at radius 3 is 2.61 bits per heavy atom. The fourth-order valence-corrected chi connectivity index (χ4v) is 4.36. The topological polar surface area (TPSA) is 76.1 Å². The summed E-state index contributed by atoms with van der Waals surface area (Å²) in [6, 6.07) is 16.9. The van der Waals surface area contributed by atoms with Gasteiger partial charge in [-0.25, -0.2) is 9.98 Å². The fourth-order valence-electron chi connectivity index (χ4n) is 4.36. The van der Waals surface area contributed by atoms with E-state index in [9.17, 15) is 13.2 Å². The third-order valence-electron chi connectivity index (χ3n) is 5.79. The third kappa shape index (κ3) is 3.59. The number of nitrogens with two attached hydrogens (primary N) is 1. The van der Waals surface area contributed by atoms with Gasteiger partial charge in [-0.1, -0.05) is 30.3 Å². The fraction of sp³-hybridized carbons (Fsp3) is 0.208. The number of ether oxygens (including phenoxy) is 1. The van der Waals surface area contributed by atoms with Crippen LogP contribution in [0.3, 0.4) is 0 Å². The summed E-state index contributed by atoms with van der Waals surface area (Å²) in [6.45, 7) is -1.64. The highest BCUT2D eigenvalue weighted by Crippen LogP contribution is 2.43. The molecule has 0 bridgehead atoms. The van der Waals surface area contributed by atoms with Gasteiger partial charge in [-0.3, -0.25) is 9.89 Å². The average molecular weight is 451 g/mol. The lowest BCUT2D eigenvalue weighted by atomic mass is 9.81. The van der Waals surface area contributed by atoms with Gasteiger partial charge in [0.1, 0.15) is 11.6 Å². The Morgan fingerprint density at radius 1 is 1.03 bits per heavy atom. The molecule has 5 rings (SSSR count). The number of aromatic nitrogens is 1. The zero-order valence-corrected chi connectivity index (χ0v) is 17.5. The van der Waals surface area contributed by atoms with Crippen molar-refractivity contribution in [3.05, 3.63) is 83.9 Å². The minimum Gasteiger partial charge on any atom is -0.435 e. The molecule has 2 aliphatic heterocycles. The Labute approximate surface area is 188 Å². The molecule has 0 saturated carbocycles. The van der Waals surface area contributed by atoms with Gasteiger partial charge in [-0.05, 0) is 53.4 Å². The third-order valence-corrected chi connectivity index (χ3v) is 5.79. The van der Waals surface area contributed by atoms with Crippen LogP contribution in [0.5, 0.6) is 5.75 Å². The van der Waals surface area contributed by atoms with Crippen LogP contribution >= 0.6 is 0 Å². The van der Waals surface area contributed by atoms with E-state index >= 15 is 0 Å². The van der Waals surface area contributed by atoms with Crippen LogP contribution in [0.2, 0.25) is 0 Å². The molecule has 0 saturated heterocycles. The summed E-state index contributed by atoms with van der Waals surface area (Å²) in [4.78, 5) is 15.2. The Morgan fingerprint density at radius 2 is 1.85 bits per heavy atom. The standard InChI is InChI=1S/C24H20F3N5O/c25-20-19(6-2-11-29-20)15-4-1-5-17(14-15)24(16-7-9-18(10-8-16)33-22(26)27)21-30-12-3-13-32(21)23(28)31-24/h1-2,4-11,14,22H,3,12-13H2,(H2,28,31). The molecule has 2 N–H and O–H groups in total. The van der Waals surface area contributed by atoms with E-state index < -0.39 is 18.1 Å². The second-order valence-corrected chi connectivity index (χ2v) is 7.72. The smallest absolute Gasteiger partial charge is 0.387 e. The zero-order valence-electron chi connectivity index (χ0n) is 17.5. The number of hydrogen-bond acceptors (Lipinski definition) is 6. The first kappa shape index (κ1) is 21.0. The predicted molar refractivity (Wildman–Crippen MR) is 119 cm³/mol. The van der Waals surface area contributed by atoms with E-state index in [-0.39, 0.29) is 5.75 Å². The van der Waals surface area contributed by atoms with Crippen LogP contribution in [0.25, 0.3) is 11.1 Å². The van der Waals surface area contributed by atoms with Gasteiger partial charge in [0.15, 0.2) is 11.5 Å². The molecule has 1 atom stereocenters. The normalized spacial score (nSPS) is 19.8. The molecule has 0 fully saturated rings. The molecule has 0 aliphatic carbocycles. The van der Waals surface area contributed by atoms with Crippen molar-refractivity contribution in [3.8, 4) is 16.9 Å². The molecule has 9 heteroatoms. The number of nitrogens with zero attached hydrogens (tertiary/aromatic N) is 4. The van der Waals surface area contributed by atoms with E-state index in [2.05, 4.69) is 9.72 Å². The van der Waals surface area contributed by atoms with Gasteiger partial charge in [-0.2, -0.15) is 13.2 Å². The highest BCUT2D eigenvalue weighted by Gasteiger charge is 2.49. The average Bonchev–Trinajstić information content (AvgIpc) is 3.13. The maximum Gasteiger partial charge on any atom is 0.387 e. The number of rotatable bonds is 5. The van der Waals surface area contributed by atoms with Crippen LogP contribution in [0.15, 0.2) is 76.8 Å². The summed E-state index contributed by atoms with van der Waals surface area (Å²) in [7, 11) is 0. The second-order valence-electron chi connectivity index (χ2n) is 7.72. The van der Waals surface area contributed by atoms with Gasteiger partial charge in [-0.15, -0.1) is 0 Å². The molecular weight excluding hydrogens is 431 g/mol. The van der Waals surface area contributed by atoms with Crippen LogP contribution < -0.4 is 10.5 Å². The first-order valence-electron chi connectivity index (χ1n) is 10.4. The molecule has 1 unspecified atom stereocenters. The molecule has 2 aliphatic rings. The van der Waals surface area contributed by atoms with Crippen molar-refractivity contribution < 1.29 is 17.9 Å². The van der Waals surface area contributed by atoms with Crippen LogP contribution in [0, 0.1) is 5.95 Å². The van der Waals surface area contributed by atoms with Gasteiger partial charge >= 0.3 is 6.61 Å². The number of hydrogen-bond donors (Lipinski definition) is 1. The minimum absolute atomic E-state index is 0.0347. The lowest BCUT2D eigenvalue weighted by Gasteiger charge is -2.33. The summed E-state index contributed by atoms with van der Waals surface area (Å²) < 4.78 is 44.2. The summed E-state index contributed by atoms with van der Waals surface area (Å²) in [5.74, 6) is 0.424. The SMILES string of the molecule is NC1=NC(c2ccc(OC(F)F)cc2)(c2cccc(-c3cccnc3F)c2)C2=NCCCN12. The number of alkyl halides is 2. The Kier molecular flexibility index (Phi) is 5.24. The largest absolute Gasteiger partial charge is 0.435 e. The van der Waals surface area contributed by atoms with Gasteiger partial charge in [0, 0.05) is 24.8 Å². The van der Waals surface area contributed by atoms with Crippen LogP contribution in [0.4, 0.5) is 13.2 Å². The predicted octanol–water partition coefficient (Wildman–Crippen LogP) is 4.17. The second kappa shape index (κ2) is 8.23. The molecule has 0 spiro atoms. The Balaban J connectivity index is 1.69. The quantitative estimate of drug-likeness (QED) is 0.591. The first-order chi connectivity index (χ1) is 16.0. The maximum absolute atomic E-state index is 14.4. The lowest BCUT2D eigenvalue weighted by molar-refractivity contribution is -0.0498. The number of aliphatic imine (C=N–C) groups is 2. The molecule has 3 heterocycles. The van der Waals surface area contributed by atoms with E-state index in [0.29, 0.717) is 41.6 Å². The lowest BCUT2D eigenvalue weighted by Crippen LogP contribution is -2.46. The summed E-state index contributed by atoms with van der Waals surface area (Å²) in [6.07, 6.45) is 2.22. The van der Waals surface area contributed by atoms with Crippen LogP contribution in [-0.4, -0.2) is 41.4 Å². The number of fused-ring (bicyclic) bond motifs is 1. The summed E-state index contributed by atoms with van der Waals surface area (Å²) in [5, 5.41) is 0. The molecule has 2 aromatic carbocycles. The number of pyridine rings is 1. The molecular formula is C24H20F3N5O. The summed E-state index contributed by atoms with van der Waals surface area (Å²) in [5.41, 5.74) is 7.58. The highest BCUT2D eigenvalue weighted by molar-refractivity contribution is 6.12. The number of halogens is 3. The number of guanidine groups is 1. The first-order valence-corrected chi connectivity index (χ1v) is 10.4. The van der Waals surface area contributed by atoms with Crippen molar-refractivity contribution in [2.45, 2.75) is 18.6 Å². The van der Waals surface area contributed by atoms with E-state index in [1.807, 2.05) is 23.1 Å². The molecule has 1 aromatic heterocycles. The molecule has 168 valence electrons. The van der Waals surface area contributed by atoms with E-state index in [0.717, 1.165) is 12.0 Å². The van der Waals surface area contributed by atoms with Crippen LogP contribution in [-0.2, 0) is 5.54 Å². The Bertz CT molecular complexity index is 1240. The molecule has 33 heavy (non-hydrogen) atoms. The van der Waals surface area contributed by atoms with Gasteiger partial charge in [0.25, 0.3) is 0 Å². The van der Waals surface area contributed by atoms with E-state index in [4.69, 9.17) is 15.7 Å². The molecule has 0 radical (unpaired) electrons. The van der Waals surface area contributed by atoms with Gasteiger partial charge in [0.05, 0.1) is 0 Å². The number of benzene rings is 2.